The highest BCUT2D eigenvalue weighted by Gasteiger charge is 2.56. The first-order valence-corrected chi connectivity index (χ1v) is 3.98. The molecule has 0 spiro atoms. The van der Waals surface area contributed by atoms with Crippen molar-refractivity contribution in [2.75, 3.05) is 6.61 Å². The van der Waals surface area contributed by atoms with Gasteiger partial charge < -0.3 is 9.47 Å². The lowest BCUT2D eigenvalue weighted by Gasteiger charge is -2.00. The van der Waals surface area contributed by atoms with Crippen LogP contribution in [0.5, 0.6) is 0 Å². The molecule has 1 rings (SSSR count). The van der Waals surface area contributed by atoms with Crippen LogP contribution >= 0.6 is 0 Å². The fourth-order valence-corrected chi connectivity index (χ4v) is 1.02. The summed E-state index contributed by atoms with van der Waals surface area (Å²) in [5, 5.41) is 0. The van der Waals surface area contributed by atoms with Gasteiger partial charge in [0.25, 0.3) is 0 Å². The summed E-state index contributed by atoms with van der Waals surface area (Å²) in [6.45, 7) is 6.15. The monoisotopic (exact) mass is 158 g/mol. The minimum absolute atomic E-state index is 0.225. The van der Waals surface area contributed by atoms with Crippen LogP contribution in [0.25, 0.3) is 0 Å². The molecule has 1 fully saturated rings. The molecule has 0 radical (unpaired) electrons. The van der Waals surface area contributed by atoms with E-state index >= 15 is 0 Å². The zero-order valence-corrected chi connectivity index (χ0v) is 7.22. The van der Waals surface area contributed by atoms with Crippen LogP contribution in [0.15, 0.2) is 0 Å². The molecule has 0 unspecified atom stereocenters. The van der Waals surface area contributed by atoms with E-state index in [-0.39, 0.29) is 17.7 Å². The Hall–Kier alpha value is -0.570. The van der Waals surface area contributed by atoms with Gasteiger partial charge in [-0.1, -0.05) is 6.92 Å². The van der Waals surface area contributed by atoms with Gasteiger partial charge >= 0.3 is 5.97 Å². The summed E-state index contributed by atoms with van der Waals surface area (Å²) < 4.78 is 9.99. The van der Waals surface area contributed by atoms with E-state index in [1.165, 1.54) is 0 Å². The first-order chi connectivity index (χ1) is 5.14. The number of carbonyl (C=O) groups is 1. The van der Waals surface area contributed by atoms with E-state index in [0.29, 0.717) is 6.61 Å². The molecule has 0 saturated carbocycles. The van der Waals surface area contributed by atoms with Crippen molar-refractivity contribution in [3.05, 3.63) is 0 Å². The molecule has 0 aliphatic carbocycles. The van der Waals surface area contributed by atoms with Crippen LogP contribution in [0.2, 0.25) is 0 Å². The largest absolute Gasteiger partial charge is 0.464 e. The Labute approximate surface area is 66.7 Å². The summed E-state index contributed by atoms with van der Waals surface area (Å²) in [5.74, 6) is -0.225. The van der Waals surface area contributed by atoms with Gasteiger partial charge in [0.2, 0.25) is 0 Å². The van der Waals surface area contributed by atoms with Crippen LogP contribution in [-0.2, 0) is 14.3 Å². The number of hydrogen-bond donors (Lipinski definition) is 0. The molecule has 3 heteroatoms. The van der Waals surface area contributed by atoms with Gasteiger partial charge in [0, 0.05) is 0 Å². The maximum absolute atomic E-state index is 11.0. The average Bonchev–Trinajstić information content (AvgIpc) is 2.65. The molecule has 11 heavy (non-hydrogen) atoms. The van der Waals surface area contributed by atoms with E-state index < -0.39 is 0 Å². The molecule has 1 aliphatic rings. The van der Waals surface area contributed by atoms with E-state index in [1.54, 1.807) is 6.92 Å². The van der Waals surface area contributed by atoms with Gasteiger partial charge in [-0.2, -0.15) is 0 Å². The highest BCUT2D eigenvalue weighted by molar-refractivity contribution is 5.79. The molecule has 0 bridgehead atoms. The fraction of sp³-hybridized carbons (Fsp3) is 0.875. The maximum Gasteiger partial charge on any atom is 0.338 e. The lowest BCUT2D eigenvalue weighted by Crippen LogP contribution is -2.19. The maximum atomic E-state index is 11.0. The van der Waals surface area contributed by atoms with Gasteiger partial charge in [-0.25, -0.2) is 4.79 Å². The highest BCUT2D eigenvalue weighted by Crippen LogP contribution is 2.39. The van der Waals surface area contributed by atoms with Crippen molar-refractivity contribution in [1.29, 1.82) is 0 Å². The van der Waals surface area contributed by atoms with Crippen molar-refractivity contribution in [3.63, 3.8) is 0 Å². The van der Waals surface area contributed by atoms with Gasteiger partial charge in [0.1, 0.15) is 5.60 Å². The minimum Gasteiger partial charge on any atom is -0.464 e. The van der Waals surface area contributed by atoms with Crippen LogP contribution in [0.3, 0.4) is 0 Å². The third-order valence-corrected chi connectivity index (χ3v) is 2.09. The first-order valence-electron chi connectivity index (χ1n) is 3.98. The molecular formula is C8H14O3. The quantitative estimate of drug-likeness (QED) is 0.456. The molecule has 0 N–H and O–H groups in total. The Morgan fingerprint density at radius 2 is 2.27 bits per heavy atom. The average molecular weight is 158 g/mol. The van der Waals surface area contributed by atoms with Crippen LogP contribution < -0.4 is 0 Å². The van der Waals surface area contributed by atoms with E-state index in [0.717, 1.165) is 6.42 Å². The summed E-state index contributed by atoms with van der Waals surface area (Å²) in [6, 6.07) is 0. The number of carbonyl (C=O) groups excluding carboxylic acids is 1. The van der Waals surface area contributed by atoms with Gasteiger partial charge in [-0.15, -0.1) is 0 Å². The summed E-state index contributed by atoms with van der Waals surface area (Å²) in [6.07, 6.45) is 0.545. The van der Waals surface area contributed by atoms with Gasteiger partial charge in [-0.3, -0.25) is 0 Å². The SMILES string of the molecule is CCOC(=O)[C@H]1O[C@@]1(C)CC. The molecule has 0 aromatic rings. The van der Waals surface area contributed by atoms with Gasteiger partial charge in [-0.05, 0) is 20.3 Å². The molecule has 0 amide bonds. The number of epoxide rings is 1. The summed E-state index contributed by atoms with van der Waals surface area (Å²) in [5.41, 5.74) is -0.244. The van der Waals surface area contributed by atoms with E-state index in [9.17, 15) is 4.79 Å². The van der Waals surface area contributed by atoms with E-state index in [2.05, 4.69) is 0 Å². The second kappa shape index (κ2) is 2.81. The normalized spacial score (nSPS) is 35.0. The number of rotatable bonds is 3. The Kier molecular flexibility index (Phi) is 2.18. The Morgan fingerprint density at radius 3 is 2.64 bits per heavy atom. The standard InChI is InChI=1S/C8H14O3/c1-4-8(3)6(11-8)7(9)10-5-2/h6H,4-5H2,1-3H3/t6-,8+/m1/s1. The van der Waals surface area contributed by atoms with Crippen molar-refractivity contribution in [2.45, 2.75) is 38.9 Å². The van der Waals surface area contributed by atoms with Crippen LogP contribution in [0, 0.1) is 0 Å². The third-order valence-electron chi connectivity index (χ3n) is 2.09. The van der Waals surface area contributed by atoms with Crippen molar-refractivity contribution < 1.29 is 14.3 Å². The molecule has 1 heterocycles. The lowest BCUT2D eigenvalue weighted by molar-refractivity contribution is -0.144. The molecule has 0 aromatic carbocycles. The Bertz CT molecular complexity index is 167. The minimum atomic E-state index is -0.313. The topological polar surface area (TPSA) is 38.8 Å². The van der Waals surface area contributed by atoms with Crippen LogP contribution in [-0.4, -0.2) is 24.3 Å². The van der Waals surface area contributed by atoms with Crippen LogP contribution in [0.4, 0.5) is 0 Å². The lowest BCUT2D eigenvalue weighted by atomic mass is 10.1. The van der Waals surface area contributed by atoms with Gasteiger partial charge in [0.15, 0.2) is 6.10 Å². The molecule has 3 nitrogen and oxygen atoms in total. The zero-order chi connectivity index (χ0) is 8.48. The predicted molar refractivity (Wildman–Crippen MR) is 40.2 cm³/mol. The molecular weight excluding hydrogens is 144 g/mol. The van der Waals surface area contributed by atoms with E-state index in [1.807, 2.05) is 13.8 Å². The summed E-state index contributed by atoms with van der Waals surface area (Å²) in [4.78, 5) is 11.0. The third kappa shape index (κ3) is 1.53. The van der Waals surface area contributed by atoms with E-state index in [4.69, 9.17) is 9.47 Å². The van der Waals surface area contributed by atoms with Crippen LogP contribution in [0.1, 0.15) is 27.2 Å². The zero-order valence-electron chi connectivity index (χ0n) is 7.22. The van der Waals surface area contributed by atoms with Crippen molar-refractivity contribution in [3.8, 4) is 0 Å². The van der Waals surface area contributed by atoms with Crippen molar-refractivity contribution in [2.24, 2.45) is 0 Å². The summed E-state index contributed by atoms with van der Waals surface area (Å²) in [7, 11) is 0. The molecule has 64 valence electrons. The summed E-state index contributed by atoms with van der Waals surface area (Å²) >= 11 is 0. The molecule has 1 aliphatic heterocycles. The molecule has 0 aromatic heterocycles. The second-order valence-electron chi connectivity index (χ2n) is 2.92. The fourth-order valence-electron chi connectivity index (χ4n) is 1.02. The number of ether oxygens (including phenoxy) is 2. The first kappa shape index (κ1) is 8.53. The smallest absolute Gasteiger partial charge is 0.338 e. The Balaban J connectivity index is 2.36. The van der Waals surface area contributed by atoms with Gasteiger partial charge in [0.05, 0.1) is 6.61 Å². The molecule has 2 atom stereocenters. The number of esters is 1. The van der Waals surface area contributed by atoms with Crippen molar-refractivity contribution in [1.82, 2.24) is 0 Å². The Morgan fingerprint density at radius 1 is 1.64 bits per heavy atom. The number of hydrogen-bond acceptors (Lipinski definition) is 3. The highest BCUT2D eigenvalue weighted by atomic mass is 16.7. The second-order valence-corrected chi connectivity index (χ2v) is 2.92. The van der Waals surface area contributed by atoms with Crippen molar-refractivity contribution >= 4 is 5.97 Å². The molecule has 1 saturated heterocycles. The predicted octanol–water partition coefficient (Wildman–Crippen LogP) is 1.12.